The molecule has 8 heteroatoms. The molecule has 0 aliphatic carbocycles. The molecule has 0 bridgehead atoms. The van der Waals surface area contributed by atoms with E-state index >= 15 is 0 Å². The lowest BCUT2D eigenvalue weighted by Crippen LogP contribution is -2.72. The van der Waals surface area contributed by atoms with Gasteiger partial charge in [0.2, 0.25) is 5.95 Å². The van der Waals surface area contributed by atoms with Crippen molar-refractivity contribution < 1.29 is 9.90 Å². The standard InChI is InChI=1S/C20H20ClN5O2/c1-2-25-8-20(9-25)10-26(11-20)19-23-5-12(6-24-19)13-3-14-15(18(27)28)7-22-17(14)4-16(13)21/h3-7,22H,2,8-11H2,1H3,(H,27,28). The summed E-state index contributed by atoms with van der Waals surface area (Å²) in [4.78, 5) is 28.1. The molecule has 0 saturated carbocycles. The summed E-state index contributed by atoms with van der Waals surface area (Å²) < 4.78 is 0. The Hall–Kier alpha value is -2.64. The van der Waals surface area contributed by atoms with Gasteiger partial charge in [0.05, 0.1) is 10.6 Å². The lowest BCUT2D eigenvalue weighted by atomic mass is 9.73. The quantitative estimate of drug-likeness (QED) is 0.703. The Bertz CT molecular complexity index is 1060. The molecule has 2 aliphatic rings. The van der Waals surface area contributed by atoms with E-state index in [1.807, 2.05) is 0 Å². The maximum atomic E-state index is 11.4. The molecule has 2 saturated heterocycles. The normalized spacial score (nSPS) is 18.3. The zero-order valence-electron chi connectivity index (χ0n) is 15.4. The van der Waals surface area contributed by atoms with Crippen molar-refractivity contribution in [3.63, 3.8) is 0 Å². The first-order chi connectivity index (χ1) is 13.5. The van der Waals surface area contributed by atoms with Crippen LogP contribution in [0.5, 0.6) is 0 Å². The number of aromatic nitrogens is 3. The Morgan fingerprint density at radius 1 is 1.25 bits per heavy atom. The number of nitrogens with one attached hydrogen (secondary N) is 1. The number of likely N-dealkylation sites (tertiary alicyclic amines) is 1. The lowest BCUT2D eigenvalue weighted by molar-refractivity contribution is -0.0185. The second-order valence-corrected chi connectivity index (χ2v) is 8.22. The van der Waals surface area contributed by atoms with Crippen molar-refractivity contribution in [1.29, 1.82) is 0 Å². The molecule has 2 N–H and O–H groups in total. The molecule has 28 heavy (non-hydrogen) atoms. The molecule has 0 radical (unpaired) electrons. The Balaban J connectivity index is 1.38. The summed E-state index contributed by atoms with van der Waals surface area (Å²) in [5.41, 5.74) is 2.83. The van der Waals surface area contributed by atoms with E-state index in [1.54, 1.807) is 24.5 Å². The molecule has 0 amide bonds. The van der Waals surface area contributed by atoms with Crippen molar-refractivity contribution in [2.75, 3.05) is 37.6 Å². The minimum atomic E-state index is -0.976. The third kappa shape index (κ3) is 2.65. The number of H-pyrrole nitrogens is 1. The molecule has 1 spiro atoms. The van der Waals surface area contributed by atoms with Crippen molar-refractivity contribution in [2.24, 2.45) is 5.41 Å². The highest BCUT2D eigenvalue weighted by Crippen LogP contribution is 2.41. The third-order valence-electron chi connectivity index (χ3n) is 5.85. The first-order valence-electron chi connectivity index (χ1n) is 9.32. The molecular formula is C20H20ClN5O2. The van der Waals surface area contributed by atoms with Gasteiger partial charge in [-0.15, -0.1) is 0 Å². The van der Waals surface area contributed by atoms with Gasteiger partial charge in [-0.05, 0) is 18.7 Å². The number of carboxylic acids is 1. The largest absolute Gasteiger partial charge is 0.478 e. The second-order valence-electron chi connectivity index (χ2n) is 7.82. The van der Waals surface area contributed by atoms with Gasteiger partial charge in [-0.3, -0.25) is 0 Å². The molecule has 0 atom stereocenters. The molecule has 4 heterocycles. The summed E-state index contributed by atoms with van der Waals surface area (Å²) in [6, 6.07) is 3.52. The topological polar surface area (TPSA) is 85.4 Å². The molecule has 7 nitrogen and oxygen atoms in total. The monoisotopic (exact) mass is 397 g/mol. The smallest absolute Gasteiger partial charge is 0.337 e. The van der Waals surface area contributed by atoms with Crippen LogP contribution in [0.4, 0.5) is 5.95 Å². The predicted octanol–water partition coefficient (Wildman–Crippen LogP) is 3.12. The molecule has 5 rings (SSSR count). The maximum absolute atomic E-state index is 11.4. The van der Waals surface area contributed by atoms with Gasteiger partial charge in [0.1, 0.15) is 0 Å². The van der Waals surface area contributed by atoms with Gasteiger partial charge in [-0.25, -0.2) is 14.8 Å². The zero-order valence-corrected chi connectivity index (χ0v) is 16.2. The van der Waals surface area contributed by atoms with E-state index in [2.05, 4.69) is 31.7 Å². The fourth-order valence-electron chi connectivity index (χ4n) is 4.40. The first kappa shape index (κ1) is 17.5. The van der Waals surface area contributed by atoms with Crippen molar-refractivity contribution >= 4 is 34.4 Å². The number of carboxylic acid groups (broad SMARTS) is 1. The van der Waals surface area contributed by atoms with Crippen LogP contribution in [0, 0.1) is 5.41 Å². The summed E-state index contributed by atoms with van der Waals surface area (Å²) in [5, 5.41) is 10.5. The van der Waals surface area contributed by atoms with Crippen LogP contribution in [-0.4, -0.2) is 63.7 Å². The zero-order chi connectivity index (χ0) is 19.5. The molecular weight excluding hydrogens is 378 g/mol. The van der Waals surface area contributed by atoms with Crippen molar-refractivity contribution in [1.82, 2.24) is 19.9 Å². The molecule has 2 aliphatic heterocycles. The number of hydrogen-bond acceptors (Lipinski definition) is 5. The minimum Gasteiger partial charge on any atom is -0.478 e. The van der Waals surface area contributed by atoms with Gasteiger partial charge in [0, 0.05) is 72.2 Å². The average Bonchev–Trinajstić information content (AvgIpc) is 3.02. The van der Waals surface area contributed by atoms with E-state index in [-0.39, 0.29) is 5.56 Å². The van der Waals surface area contributed by atoms with Crippen LogP contribution < -0.4 is 4.90 Å². The van der Waals surface area contributed by atoms with Gasteiger partial charge in [-0.1, -0.05) is 18.5 Å². The summed E-state index contributed by atoms with van der Waals surface area (Å²) >= 11 is 6.42. The van der Waals surface area contributed by atoms with E-state index in [1.165, 1.54) is 6.20 Å². The third-order valence-corrected chi connectivity index (χ3v) is 6.16. The van der Waals surface area contributed by atoms with Crippen LogP contribution in [0.1, 0.15) is 17.3 Å². The lowest BCUT2D eigenvalue weighted by Gasteiger charge is -2.60. The Morgan fingerprint density at radius 3 is 2.61 bits per heavy atom. The number of aromatic carboxylic acids is 1. The number of anilines is 1. The van der Waals surface area contributed by atoms with Crippen LogP contribution in [-0.2, 0) is 0 Å². The van der Waals surface area contributed by atoms with Gasteiger partial charge in [-0.2, -0.15) is 0 Å². The highest BCUT2D eigenvalue weighted by molar-refractivity contribution is 6.34. The fraction of sp³-hybridized carbons (Fsp3) is 0.350. The van der Waals surface area contributed by atoms with E-state index < -0.39 is 5.97 Å². The predicted molar refractivity (Wildman–Crippen MR) is 108 cm³/mol. The fourth-order valence-corrected chi connectivity index (χ4v) is 4.67. The van der Waals surface area contributed by atoms with Crippen molar-refractivity contribution in [2.45, 2.75) is 6.92 Å². The summed E-state index contributed by atoms with van der Waals surface area (Å²) in [6.45, 7) is 7.64. The van der Waals surface area contributed by atoms with Crippen LogP contribution in [0.3, 0.4) is 0 Å². The number of hydrogen-bond donors (Lipinski definition) is 2. The molecule has 1 aromatic carbocycles. The van der Waals surface area contributed by atoms with Crippen LogP contribution >= 0.6 is 11.6 Å². The van der Waals surface area contributed by atoms with Crippen molar-refractivity contribution in [3.8, 4) is 11.1 Å². The summed E-state index contributed by atoms with van der Waals surface area (Å²) in [6.07, 6.45) is 4.99. The van der Waals surface area contributed by atoms with Crippen LogP contribution in [0.15, 0.2) is 30.7 Å². The Morgan fingerprint density at radius 2 is 1.96 bits per heavy atom. The number of halogens is 1. The van der Waals surface area contributed by atoms with E-state index in [4.69, 9.17) is 11.6 Å². The van der Waals surface area contributed by atoms with E-state index in [0.29, 0.717) is 21.3 Å². The van der Waals surface area contributed by atoms with E-state index in [0.717, 1.165) is 49.8 Å². The second kappa shape index (κ2) is 6.18. The van der Waals surface area contributed by atoms with Crippen LogP contribution in [0.25, 0.3) is 22.0 Å². The van der Waals surface area contributed by atoms with Gasteiger partial charge >= 0.3 is 5.97 Å². The van der Waals surface area contributed by atoms with Gasteiger partial charge in [0.25, 0.3) is 0 Å². The molecule has 0 unspecified atom stereocenters. The molecule has 144 valence electrons. The van der Waals surface area contributed by atoms with Crippen molar-refractivity contribution in [3.05, 3.63) is 41.3 Å². The SMILES string of the molecule is CCN1CC2(C1)CN(c1ncc(-c3cc4c(C(=O)O)c[nH]c4cc3Cl)cn1)C2. The molecule has 2 fully saturated rings. The summed E-state index contributed by atoms with van der Waals surface area (Å²) in [5.74, 6) is -0.246. The van der Waals surface area contributed by atoms with Gasteiger partial charge in [0.15, 0.2) is 0 Å². The molecule has 2 aromatic heterocycles. The van der Waals surface area contributed by atoms with Gasteiger partial charge < -0.3 is 19.9 Å². The number of aromatic amines is 1. The molecule has 3 aromatic rings. The number of carbonyl (C=O) groups is 1. The number of benzene rings is 1. The first-order valence-corrected chi connectivity index (χ1v) is 9.69. The Labute approximate surface area is 167 Å². The number of rotatable bonds is 4. The number of fused-ring (bicyclic) bond motifs is 1. The van der Waals surface area contributed by atoms with Crippen LogP contribution in [0.2, 0.25) is 5.02 Å². The highest BCUT2D eigenvalue weighted by atomic mass is 35.5. The number of nitrogens with zero attached hydrogens (tertiary/aromatic N) is 4. The highest BCUT2D eigenvalue weighted by Gasteiger charge is 2.51. The minimum absolute atomic E-state index is 0.220. The maximum Gasteiger partial charge on any atom is 0.337 e. The Kier molecular flexibility index (Phi) is 3.86. The average molecular weight is 398 g/mol. The summed E-state index contributed by atoms with van der Waals surface area (Å²) in [7, 11) is 0. The van der Waals surface area contributed by atoms with E-state index in [9.17, 15) is 9.90 Å².